The lowest BCUT2D eigenvalue weighted by Gasteiger charge is -2.27. The van der Waals surface area contributed by atoms with Gasteiger partial charge in [-0.05, 0) is 66.1 Å². The van der Waals surface area contributed by atoms with Crippen LogP contribution in [-0.4, -0.2) is 25.1 Å². The van der Waals surface area contributed by atoms with E-state index < -0.39 is 5.97 Å². The zero-order chi connectivity index (χ0) is 26.4. The topological polar surface area (TPSA) is 83.1 Å². The minimum absolute atomic E-state index is 0.0466. The van der Waals surface area contributed by atoms with E-state index >= 15 is 0 Å². The van der Waals surface area contributed by atoms with E-state index in [4.69, 9.17) is 42.1 Å². The highest BCUT2D eigenvalue weighted by Crippen LogP contribution is 2.37. The molecule has 0 aliphatic carbocycles. The van der Waals surface area contributed by atoms with E-state index in [9.17, 15) is 9.59 Å². The normalized spacial score (nSPS) is 14.6. The lowest BCUT2D eigenvalue weighted by atomic mass is 10.1. The number of esters is 1. The van der Waals surface area contributed by atoms with E-state index in [-0.39, 0.29) is 24.3 Å². The fraction of sp³-hybridized carbons (Fsp3) is 0.214. The maximum atomic E-state index is 12.2. The van der Waals surface area contributed by atoms with Crippen molar-refractivity contribution in [1.82, 2.24) is 5.32 Å². The van der Waals surface area contributed by atoms with Crippen LogP contribution in [0.4, 0.5) is 0 Å². The summed E-state index contributed by atoms with van der Waals surface area (Å²) in [7, 11) is 0. The fourth-order valence-corrected chi connectivity index (χ4v) is 3.95. The number of ether oxygens (including phenoxy) is 4. The van der Waals surface area contributed by atoms with E-state index in [1.165, 1.54) is 13.0 Å². The molecule has 0 saturated carbocycles. The molecular weight excluding hydrogens is 517 g/mol. The van der Waals surface area contributed by atoms with Crippen molar-refractivity contribution in [3.05, 3.63) is 93.1 Å². The second kappa shape index (κ2) is 12.0. The highest BCUT2D eigenvalue weighted by molar-refractivity contribution is 6.42. The first kappa shape index (κ1) is 26.4. The van der Waals surface area contributed by atoms with Gasteiger partial charge in [0.25, 0.3) is 0 Å². The second-order valence-electron chi connectivity index (χ2n) is 8.19. The van der Waals surface area contributed by atoms with Crippen LogP contribution >= 0.6 is 23.2 Å². The van der Waals surface area contributed by atoms with Gasteiger partial charge in [-0.3, -0.25) is 4.79 Å². The number of benzene rings is 3. The summed E-state index contributed by atoms with van der Waals surface area (Å²) in [4.78, 5) is 23.6. The molecule has 0 aromatic heterocycles. The van der Waals surface area contributed by atoms with Crippen LogP contribution < -0.4 is 19.5 Å². The Morgan fingerprint density at radius 1 is 1.03 bits per heavy atom. The number of rotatable bonds is 8. The molecule has 0 saturated heterocycles. The molecule has 0 fully saturated rings. The summed E-state index contributed by atoms with van der Waals surface area (Å²) >= 11 is 12.0. The molecule has 3 aromatic carbocycles. The third-order valence-corrected chi connectivity index (χ3v) is 6.12. The monoisotopic (exact) mass is 541 g/mol. The van der Waals surface area contributed by atoms with Crippen LogP contribution in [0.1, 0.15) is 36.6 Å². The molecule has 0 radical (unpaired) electrons. The summed E-state index contributed by atoms with van der Waals surface area (Å²) in [6.07, 6.45) is 1.23. The largest absolute Gasteiger partial charge is 0.489 e. The molecule has 9 heteroatoms. The summed E-state index contributed by atoms with van der Waals surface area (Å²) in [6.45, 7) is 3.89. The van der Waals surface area contributed by atoms with Gasteiger partial charge in [-0.2, -0.15) is 0 Å². The van der Waals surface area contributed by atoms with E-state index in [1.807, 2.05) is 30.3 Å². The quantitative estimate of drug-likeness (QED) is 0.273. The van der Waals surface area contributed by atoms with Crippen molar-refractivity contribution in [2.45, 2.75) is 26.6 Å². The summed E-state index contributed by atoms with van der Waals surface area (Å²) in [5.74, 6) is 0.839. The predicted molar refractivity (Wildman–Crippen MR) is 141 cm³/mol. The minimum atomic E-state index is -0.614. The van der Waals surface area contributed by atoms with Crippen molar-refractivity contribution >= 4 is 41.2 Å². The number of carbonyl (C=O) groups is 2. The van der Waals surface area contributed by atoms with Gasteiger partial charge in [0.05, 0.1) is 16.7 Å². The molecular formula is C28H25Cl2NO6. The lowest BCUT2D eigenvalue weighted by Crippen LogP contribution is -2.26. The molecule has 3 aromatic rings. The second-order valence-corrected chi connectivity index (χ2v) is 9.00. The molecule has 1 atom stereocenters. The molecule has 192 valence electrons. The fourth-order valence-electron chi connectivity index (χ4n) is 3.63. The van der Waals surface area contributed by atoms with Crippen molar-refractivity contribution in [2.75, 3.05) is 13.2 Å². The first-order valence-electron chi connectivity index (χ1n) is 11.6. The van der Waals surface area contributed by atoms with Gasteiger partial charge in [0.1, 0.15) is 24.7 Å². The van der Waals surface area contributed by atoms with E-state index in [0.29, 0.717) is 46.1 Å². The van der Waals surface area contributed by atoms with Crippen molar-refractivity contribution in [1.29, 1.82) is 0 Å². The van der Waals surface area contributed by atoms with Gasteiger partial charge in [0.2, 0.25) is 5.91 Å². The average molecular weight is 542 g/mol. The Hall–Kier alpha value is -3.68. The van der Waals surface area contributed by atoms with Gasteiger partial charge in [0.15, 0.2) is 17.6 Å². The zero-order valence-electron chi connectivity index (χ0n) is 20.3. The minimum Gasteiger partial charge on any atom is -0.489 e. The highest BCUT2D eigenvalue weighted by Gasteiger charge is 2.23. The number of halogens is 2. The Labute approximate surface area is 224 Å². The van der Waals surface area contributed by atoms with Crippen molar-refractivity contribution < 1.29 is 28.5 Å². The van der Waals surface area contributed by atoms with Gasteiger partial charge in [-0.15, -0.1) is 0 Å². The number of hydrogen-bond acceptors (Lipinski definition) is 6. The molecule has 0 unspecified atom stereocenters. The SMILES string of the molecule is CCOC(=O)/C(=C/c1ccc2c(c1)OC[C@H](c1ccc(OCc3ccc(Cl)c(Cl)c3)cc1)O2)NC(C)=O. The molecule has 7 nitrogen and oxygen atoms in total. The first-order valence-corrected chi connectivity index (χ1v) is 12.3. The van der Waals surface area contributed by atoms with Crippen molar-refractivity contribution in [2.24, 2.45) is 0 Å². The standard InChI is InChI=1S/C28H25Cl2NO6/c1-3-34-28(33)24(31-17(2)32)13-18-5-11-25-26(14-18)36-16-27(37-25)20-6-8-21(9-7-20)35-15-19-4-10-22(29)23(30)12-19/h4-14,27H,3,15-16H2,1-2H3,(H,31,32)/b24-13-/t27-/m1/s1. The number of nitrogens with one attached hydrogen (secondary N) is 1. The zero-order valence-corrected chi connectivity index (χ0v) is 21.8. The van der Waals surface area contributed by atoms with Crippen LogP contribution in [0.2, 0.25) is 10.0 Å². The number of fused-ring (bicyclic) bond motifs is 1. The van der Waals surface area contributed by atoms with E-state index in [1.54, 1.807) is 37.3 Å². The summed E-state index contributed by atoms with van der Waals surface area (Å²) < 4.78 is 23.0. The lowest BCUT2D eigenvalue weighted by molar-refractivity contribution is -0.139. The Kier molecular flexibility index (Phi) is 8.58. The van der Waals surface area contributed by atoms with E-state index in [2.05, 4.69) is 5.32 Å². The summed E-state index contributed by atoms with van der Waals surface area (Å²) in [5, 5.41) is 3.50. The third-order valence-electron chi connectivity index (χ3n) is 5.39. The number of carbonyl (C=O) groups excluding carboxylic acids is 2. The molecule has 1 aliphatic heterocycles. The molecule has 4 rings (SSSR count). The van der Waals surface area contributed by atoms with Crippen molar-refractivity contribution in [3.8, 4) is 17.2 Å². The number of amides is 1. The van der Waals surface area contributed by atoms with Gasteiger partial charge in [0, 0.05) is 6.92 Å². The van der Waals surface area contributed by atoms with Crippen LogP contribution in [-0.2, 0) is 20.9 Å². The maximum absolute atomic E-state index is 12.2. The molecule has 1 N–H and O–H groups in total. The Bertz CT molecular complexity index is 1320. The molecule has 1 aliphatic rings. The Balaban J connectivity index is 1.41. The Morgan fingerprint density at radius 3 is 2.51 bits per heavy atom. The molecule has 0 spiro atoms. The molecule has 1 heterocycles. The summed E-state index contributed by atoms with van der Waals surface area (Å²) in [5.41, 5.74) is 2.55. The van der Waals surface area contributed by atoms with Crippen LogP contribution in [0, 0.1) is 0 Å². The molecule has 37 heavy (non-hydrogen) atoms. The van der Waals surface area contributed by atoms with Gasteiger partial charge in [-0.25, -0.2) is 4.79 Å². The Morgan fingerprint density at radius 2 is 1.81 bits per heavy atom. The average Bonchev–Trinajstić information content (AvgIpc) is 2.89. The van der Waals surface area contributed by atoms with Crippen LogP contribution in [0.5, 0.6) is 17.2 Å². The van der Waals surface area contributed by atoms with Crippen LogP contribution in [0.15, 0.2) is 66.4 Å². The predicted octanol–water partition coefficient (Wildman–Crippen LogP) is 6.13. The van der Waals surface area contributed by atoms with Gasteiger partial charge >= 0.3 is 5.97 Å². The highest BCUT2D eigenvalue weighted by atomic mass is 35.5. The summed E-state index contributed by atoms with van der Waals surface area (Å²) in [6, 6.07) is 18.3. The van der Waals surface area contributed by atoms with Gasteiger partial charge in [-0.1, -0.05) is 47.5 Å². The molecule has 1 amide bonds. The number of hydrogen-bond donors (Lipinski definition) is 1. The smallest absolute Gasteiger partial charge is 0.354 e. The van der Waals surface area contributed by atoms with Crippen molar-refractivity contribution in [3.63, 3.8) is 0 Å². The maximum Gasteiger partial charge on any atom is 0.354 e. The third kappa shape index (κ3) is 6.96. The van der Waals surface area contributed by atoms with Crippen LogP contribution in [0.25, 0.3) is 6.08 Å². The molecule has 0 bridgehead atoms. The van der Waals surface area contributed by atoms with Crippen LogP contribution in [0.3, 0.4) is 0 Å². The first-order chi connectivity index (χ1) is 17.8. The van der Waals surface area contributed by atoms with Gasteiger partial charge < -0.3 is 24.3 Å². The van der Waals surface area contributed by atoms with E-state index in [0.717, 1.165) is 11.1 Å².